The van der Waals surface area contributed by atoms with E-state index in [2.05, 4.69) is 25.3 Å². The third-order valence-electron chi connectivity index (χ3n) is 3.91. The molecule has 3 heterocycles. The molecule has 0 spiro atoms. The molecule has 3 rings (SSSR count). The summed E-state index contributed by atoms with van der Waals surface area (Å²) in [4.78, 5) is 29.1. The number of carbonyl (C=O) groups excluding carboxylic acids is 1. The van der Waals surface area contributed by atoms with Crippen LogP contribution < -0.4 is 15.8 Å². The summed E-state index contributed by atoms with van der Waals surface area (Å²) >= 11 is 0. The summed E-state index contributed by atoms with van der Waals surface area (Å²) in [5.74, 6) is 0.736. The summed E-state index contributed by atoms with van der Waals surface area (Å²) < 4.78 is 5.38. The van der Waals surface area contributed by atoms with Crippen molar-refractivity contribution in [2.45, 2.75) is 26.3 Å². The number of nitrogen functional groups attached to an aromatic ring is 1. The van der Waals surface area contributed by atoms with Crippen molar-refractivity contribution in [2.75, 3.05) is 17.7 Å². The van der Waals surface area contributed by atoms with Crippen molar-refractivity contribution in [1.82, 2.24) is 19.9 Å². The molecule has 0 radical (unpaired) electrons. The van der Waals surface area contributed by atoms with Crippen molar-refractivity contribution in [3.05, 3.63) is 66.0 Å². The molecule has 0 saturated carbocycles. The Kier molecular flexibility index (Phi) is 6.46. The molecule has 0 atom stereocenters. The number of nitrogens with two attached hydrogens (primary N) is 1. The number of ketones is 1. The number of nitrogens with one attached hydrogen (secondary N) is 1. The van der Waals surface area contributed by atoms with Crippen molar-refractivity contribution in [3.8, 4) is 5.88 Å². The Morgan fingerprint density at radius 2 is 2.04 bits per heavy atom. The van der Waals surface area contributed by atoms with E-state index in [1.807, 2.05) is 25.1 Å². The zero-order valence-corrected chi connectivity index (χ0v) is 15.6. The molecule has 0 unspecified atom stereocenters. The fourth-order valence-corrected chi connectivity index (χ4v) is 2.50. The lowest BCUT2D eigenvalue weighted by Gasteiger charge is -2.09. The van der Waals surface area contributed by atoms with Gasteiger partial charge in [0, 0.05) is 18.8 Å². The molecule has 0 aromatic carbocycles. The van der Waals surface area contributed by atoms with E-state index >= 15 is 0 Å². The summed E-state index contributed by atoms with van der Waals surface area (Å²) in [7, 11) is 0. The number of nitrogens with zero attached hydrogens (tertiary/aromatic N) is 4. The lowest BCUT2D eigenvalue weighted by Crippen LogP contribution is -2.09. The maximum Gasteiger partial charge on any atom is 0.232 e. The van der Waals surface area contributed by atoms with Crippen LogP contribution in [-0.2, 0) is 13.0 Å². The average molecular weight is 378 g/mol. The Morgan fingerprint density at radius 3 is 2.79 bits per heavy atom. The highest BCUT2D eigenvalue weighted by atomic mass is 16.5. The number of ether oxygens (including phenoxy) is 1. The van der Waals surface area contributed by atoms with Gasteiger partial charge in [0.2, 0.25) is 5.88 Å². The van der Waals surface area contributed by atoms with Crippen molar-refractivity contribution in [2.24, 2.45) is 0 Å². The van der Waals surface area contributed by atoms with Gasteiger partial charge in [0.05, 0.1) is 36.9 Å². The Hall–Kier alpha value is -3.55. The van der Waals surface area contributed by atoms with Gasteiger partial charge >= 0.3 is 0 Å². The maximum atomic E-state index is 12.5. The fourth-order valence-electron chi connectivity index (χ4n) is 2.50. The van der Waals surface area contributed by atoms with Gasteiger partial charge in [0.1, 0.15) is 11.5 Å². The van der Waals surface area contributed by atoms with E-state index in [1.54, 1.807) is 18.5 Å². The fraction of sp³-hybridized carbons (Fsp3) is 0.250. The molecule has 0 aliphatic rings. The smallest absolute Gasteiger partial charge is 0.232 e. The Balaban J connectivity index is 1.60. The van der Waals surface area contributed by atoms with E-state index in [0.717, 1.165) is 23.4 Å². The second-order valence-corrected chi connectivity index (χ2v) is 6.13. The Morgan fingerprint density at radius 1 is 1.14 bits per heavy atom. The first kappa shape index (κ1) is 19.2. The summed E-state index contributed by atoms with van der Waals surface area (Å²) in [5.41, 5.74) is 8.52. The van der Waals surface area contributed by atoms with E-state index < -0.39 is 0 Å². The number of rotatable bonds is 9. The lowest BCUT2D eigenvalue weighted by molar-refractivity contribution is 0.0987. The molecule has 144 valence electrons. The first-order chi connectivity index (χ1) is 13.7. The van der Waals surface area contributed by atoms with Gasteiger partial charge in [-0.1, -0.05) is 6.92 Å². The molecular weight excluding hydrogens is 356 g/mol. The van der Waals surface area contributed by atoms with Crippen LogP contribution >= 0.6 is 0 Å². The zero-order valence-electron chi connectivity index (χ0n) is 15.6. The van der Waals surface area contributed by atoms with Crippen molar-refractivity contribution in [1.29, 1.82) is 0 Å². The van der Waals surface area contributed by atoms with E-state index in [4.69, 9.17) is 10.5 Å². The molecular formula is C20H22N6O2. The number of hydrogen-bond donors (Lipinski definition) is 2. The van der Waals surface area contributed by atoms with E-state index in [0.29, 0.717) is 30.5 Å². The number of pyridine rings is 2. The largest absolute Gasteiger partial charge is 0.477 e. The minimum atomic E-state index is -0.115. The van der Waals surface area contributed by atoms with Crippen LogP contribution in [0.5, 0.6) is 5.88 Å². The topological polar surface area (TPSA) is 116 Å². The van der Waals surface area contributed by atoms with Gasteiger partial charge in [-0.3, -0.25) is 9.78 Å². The first-order valence-corrected chi connectivity index (χ1v) is 9.02. The predicted octanol–water partition coefficient (Wildman–Crippen LogP) is 2.68. The highest BCUT2D eigenvalue weighted by Crippen LogP contribution is 2.15. The number of aromatic nitrogens is 4. The van der Waals surface area contributed by atoms with Crippen LogP contribution in [0.3, 0.4) is 0 Å². The number of Topliss-reactive ketones (excluding diaryl/α,β-unsaturated/α-hetero) is 1. The highest BCUT2D eigenvalue weighted by Gasteiger charge is 2.11. The van der Waals surface area contributed by atoms with Crippen molar-refractivity contribution < 1.29 is 9.53 Å². The van der Waals surface area contributed by atoms with Crippen molar-refractivity contribution >= 4 is 17.3 Å². The van der Waals surface area contributed by atoms with Gasteiger partial charge in [-0.05, 0) is 36.2 Å². The van der Waals surface area contributed by atoms with Gasteiger partial charge in [0.15, 0.2) is 5.78 Å². The molecule has 0 aliphatic carbocycles. The van der Waals surface area contributed by atoms with Gasteiger partial charge in [-0.15, -0.1) is 0 Å². The SMILES string of the molecule is CCCOc1cnc(C(=O)Cc2ccnc(CNc3cccnc3N)c2)cn1. The Labute approximate surface area is 163 Å². The molecule has 3 aromatic rings. The van der Waals surface area contributed by atoms with E-state index in [1.165, 1.54) is 12.4 Å². The molecule has 0 aliphatic heterocycles. The van der Waals surface area contributed by atoms with Crippen LogP contribution in [-0.4, -0.2) is 32.3 Å². The van der Waals surface area contributed by atoms with Crippen LogP contribution in [0.4, 0.5) is 11.5 Å². The molecule has 3 N–H and O–H groups in total. The monoisotopic (exact) mass is 378 g/mol. The molecule has 0 saturated heterocycles. The number of anilines is 2. The number of hydrogen-bond acceptors (Lipinski definition) is 8. The second-order valence-electron chi connectivity index (χ2n) is 6.13. The summed E-state index contributed by atoms with van der Waals surface area (Å²) in [6.07, 6.45) is 7.34. The third-order valence-corrected chi connectivity index (χ3v) is 3.91. The molecule has 3 aromatic heterocycles. The third kappa shape index (κ3) is 5.23. The normalized spacial score (nSPS) is 10.5. The average Bonchev–Trinajstić information content (AvgIpc) is 2.72. The summed E-state index contributed by atoms with van der Waals surface area (Å²) in [5, 5.41) is 3.19. The molecule has 0 amide bonds. The maximum absolute atomic E-state index is 12.5. The summed E-state index contributed by atoms with van der Waals surface area (Å²) in [6, 6.07) is 7.35. The molecule has 8 heteroatoms. The van der Waals surface area contributed by atoms with Gasteiger partial charge in [-0.25, -0.2) is 15.0 Å². The highest BCUT2D eigenvalue weighted by molar-refractivity contribution is 5.95. The van der Waals surface area contributed by atoms with Crippen LogP contribution in [0.15, 0.2) is 49.1 Å². The van der Waals surface area contributed by atoms with Gasteiger partial charge in [-0.2, -0.15) is 0 Å². The Bertz CT molecular complexity index is 930. The van der Waals surface area contributed by atoms with Crippen LogP contribution in [0, 0.1) is 0 Å². The molecule has 28 heavy (non-hydrogen) atoms. The summed E-state index contributed by atoms with van der Waals surface area (Å²) in [6.45, 7) is 3.05. The molecule has 8 nitrogen and oxygen atoms in total. The van der Waals surface area contributed by atoms with E-state index in [-0.39, 0.29) is 12.2 Å². The van der Waals surface area contributed by atoms with Crippen LogP contribution in [0.2, 0.25) is 0 Å². The first-order valence-electron chi connectivity index (χ1n) is 9.02. The lowest BCUT2D eigenvalue weighted by atomic mass is 10.1. The standard InChI is InChI=1S/C20H22N6O2/c1-2-8-28-19-13-25-17(12-26-19)18(27)10-14-5-7-22-15(9-14)11-24-16-4-3-6-23-20(16)21/h3-7,9,12-13,24H,2,8,10-11H2,1H3,(H2,21,23). The number of carbonyl (C=O) groups is 1. The van der Waals surface area contributed by atoms with Gasteiger partial charge in [0.25, 0.3) is 0 Å². The zero-order chi connectivity index (χ0) is 19.8. The molecule has 0 fully saturated rings. The van der Waals surface area contributed by atoms with Gasteiger partial charge < -0.3 is 15.8 Å². The van der Waals surface area contributed by atoms with Crippen LogP contribution in [0.25, 0.3) is 0 Å². The van der Waals surface area contributed by atoms with E-state index in [9.17, 15) is 4.79 Å². The predicted molar refractivity (Wildman–Crippen MR) is 106 cm³/mol. The quantitative estimate of drug-likeness (QED) is 0.546. The minimum Gasteiger partial charge on any atom is -0.477 e. The minimum absolute atomic E-state index is 0.115. The van der Waals surface area contributed by atoms with Crippen LogP contribution in [0.1, 0.15) is 35.1 Å². The molecule has 0 bridgehead atoms. The second kappa shape index (κ2) is 9.40. The van der Waals surface area contributed by atoms with Crippen molar-refractivity contribution in [3.63, 3.8) is 0 Å².